The fourth-order valence-corrected chi connectivity index (χ4v) is 3.18. The number of para-hydroxylation sites is 1. The predicted molar refractivity (Wildman–Crippen MR) is 126 cm³/mol. The van der Waals surface area contributed by atoms with Crippen LogP contribution in [0.5, 0.6) is 5.75 Å². The van der Waals surface area contributed by atoms with Crippen LogP contribution in [0.4, 0.5) is 0 Å². The number of amides is 1. The van der Waals surface area contributed by atoms with Crippen LogP contribution in [0.25, 0.3) is 23.0 Å². The van der Waals surface area contributed by atoms with Crippen molar-refractivity contribution in [1.82, 2.24) is 15.1 Å². The van der Waals surface area contributed by atoms with Crippen molar-refractivity contribution in [2.75, 3.05) is 6.54 Å². The smallest absolute Gasteiger partial charge is 0.262 e. The van der Waals surface area contributed by atoms with E-state index in [0.29, 0.717) is 11.3 Å². The van der Waals surface area contributed by atoms with Crippen molar-refractivity contribution in [2.24, 2.45) is 0 Å². The van der Waals surface area contributed by atoms with Gasteiger partial charge in [0.15, 0.2) is 0 Å². The molecule has 0 aliphatic carbocycles. The second kappa shape index (κ2) is 10.3. The highest BCUT2D eigenvalue weighted by Crippen LogP contribution is 2.30. The molecule has 0 saturated heterocycles. The lowest BCUT2D eigenvalue weighted by molar-refractivity contribution is -0.116. The van der Waals surface area contributed by atoms with Crippen molar-refractivity contribution < 1.29 is 9.53 Å². The van der Waals surface area contributed by atoms with Gasteiger partial charge in [0.05, 0.1) is 11.8 Å². The van der Waals surface area contributed by atoms with Gasteiger partial charge in [0.25, 0.3) is 5.91 Å². The zero-order chi connectivity index (χ0) is 23.1. The number of aryl methyl sites for hydroxylation is 1. The van der Waals surface area contributed by atoms with Crippen molar-refractivity contribution in [3.05, 3.63) is 84.1 Å². The van der Waals surface area contributed by atoms with Gasteiger partial charge in [-0.25, -0.2) is 4.68 Å². The molecule has 1 amide bonds. The monoisotopic (exact) mass is 426 g/mol. The molecule has 162 valence electrons. The van der Waals surface area contributed by atoms with E-state index in [1.54, 1.807) is 16.8 Å². The molecule has 0 aliphatic heterocycles. The summed E-state index contributed by atoms with van der Waals surface area (Å²) in [5, 5.41) is 17.0. The third-order valence-electron chi connectivity index (χ3n) is 4.65. The van der Waals surface area contributed by atoms with E-state index < -0.39 is 5.91 Å². The first-order valence-electron chi connectivity index (χ1n) is 10.4. The van der Waals surface area contributed by atoms with Crippen LogP contribution in [0, 0.1) is 18.3 Å². The molecule has 1 N–H and O–H groups in total. The quantitative estimate of drug-likeness (QED) is 0.317. The number of aromatic nitrogens is 2. The topological polar surface area (TPSA) is 79.9 Å². The molecule has 0 bridgehead atoms. The molecular weight excluding hydrogens is 400 g/mol. The molecule has 1 aromatic heterocycles. The van der Waals surface area contributed by atoms with Gasteiger partial charge in [-0.1, -0.05) is 24.3 Å². The van der Waals surface area contributed by atoms with Gasteiger partial charge in [-0.2, -0.15) is 10.4 Å². The second-order valence-electron chi connectivity index (χ2n) is 7.53. The highest BCUT2D eigenvalue weighted by molar-refractivity contribution is 6.02. The molecule has 0 fully saturated rings. The maximum absolute atomic E-state index is 12.4. The van der Waals surface area contributed by atoms with Crippen molar-refractivity contribution >= 4 is 12.0 Å². The Morgan fingerprint density at radius 3 is 2.66 bits per heavy atom. The average Bonchev–Trinajstić information content (AvgIpc) is 3.21. The van der Waals surface area contributed by atoms with Crippen LogP contribution in [0.15, 0.2) is 73.0 Å². The number of carbonyl (C=O) groups is 1. The number of nitrogens with zero attached hydrogens (tertiary/aromatic N) is 3. The molecule has 0 spiro atoms. The van der Waals surface area contributed by atoms with Crippen molar-refractivity contribution in [2.45, 2.75) is 26.9 Å². The lowest BCUT2D eigenvalue weighted by Crippen LogP contribution is -2.24. The van der Waals surface area contributed by atoms with Crippen LogP contribution in [0.1, 0.15) is 25.0 Å². The number of benzene rings is 2. The molecule has 0 saturated carbocycles. The summed E-state index contributed by atoms with van der Waals surface area (Å²) in [5.41, 5.74) is 4.04. The molecule has 2 aromatic carbocycles. The van der Waals surface area contributed by atoms with Gasteiger partial charge >= 0.3 is 0 Å². The third-order valence-corrected chi connectivity index (χ3v) is 4.65. The lowest BCUT2D eigenvalue weighted by atomic mass is 10.0. The summed E-state index contributed by atoms with van der Waals surface area (Å²) in [6, 6.07) is 17.5. The SMILES string of the molecule is C=CCNC(=O)C(C#N)=Cc1cn(-c2ccccc2)nc1-c1ccc(OC(C)C)c(C)c1. The summed E-state index contributed by atoms with van der Waals surface area (Å²) in [5.74, 6) is 0.354. The highest BCUT2D eigenvalue weighted by atomic mass is 16.5. The summed E-state index contributed by atoms with van der Waals surface area (Å²) in [6.07, 6.45) is 5.02. The van der Waals surface area contributed by atoms with Gasteiger partial charge in [-0.05, 0) is 62.7 Å². The molecule has 0 aliphatic rings. The minimum atomic E-state index is -0.456. The van der Waals surface area contributed by atoms with E-state index >= 15 is 0 Å². The molecule has 0 unspecified atom stereocenters. The minimum absolute atomic E-state index is 0.00260. The largest absolute Gasteiger partial charge is 0.491 e. The van der Waals surface area contributed by atoms with Crippen molar-refractivity contribution in [1.29, 1.82) is 5.26 Å². The average molecular weight is 427 g/mol. The number of rotatable bonds is 8. The Morgan fingerprint density at radius 2 is 2.03 bits per heavy atom. The van der Waals surface area contributed by atoms with Crippen LogP contribution < -0.4 is 10.1 Å². The van der Waals surface area contributed by atoms with E-state index in [9.17, 15) is 10.1 Å². The molecular formula is C26H26N4O2. The fraction of sp³-hybridized carbons (Fsp3) is 0.192. The second-order valence-corrected chi connectivity index (χ2v) is 7.53. The van der Waals surface area contributed by atoms with Crippen LogP contribution in [-0.4, -0.2) is 28.3 Å². The van der Waals surface area contributed by atoms with Crippen LogP contribution in [0.2, 0.25) is 0 Å². The minimum Gasteiger partial charge on any atom is -0.491 e. The maximum atomic E-state index is 12.4. The molecule has 3 rings (SSSR count). The Labute approximate surface area is 188 Å². The fourth-order valence-electron chi connectivity index (χ4n) is 3.18. The molecule has 32 heavy (non-hydrogen) atoms. The van der Waals surface area contributed by atoms with E-state index in [1.807, 2.05) is 81.6 Å². The molecule has 6 nitrogen and oxygen atoms in total. The maximum Gasteiger partial charge on any atom is 0.262 e. The number of hydrogen-bond acceptors (Lipinski definition) is 4. The Hall–Kier alpha value is -4.11. The Bertz CT molecular complexity index is 1180. The number of carbonyl (C=O) groups excluding carboxylic acids is 1. The van der Waals surface area contributed by atoms with Gasteiger partial charge < -0.3 is 10.1 Å². The van der Waals surface area contributed by atoms with E-state index in [1.165, 1.54) is 0 Å². The lowest BCUT2D eigenvalue weighted by Gasteiger charge is -2.13. The number of nitriles is 1. The van der Waals surface area contributed by atoms with Gasteiger partial charge in [-0.3, -0.25) is 4.79 Å². The number of ether oxygens (including phenoxy) is 1. The summed E-state index contributed by atoms with van der Waals surface area (Å²) in [4.78, 5) is 12.4. The van der Waals surface area contributed by atoms with Crippen LogP contribution in [-0.2, 0) is 4.79 Å². The summed E-state index contributed by atoms with van der Waals surface area (Å²) in [7, 11) is 0. The molecule has 3 aromatic rings. The first-order chi connectivity index (χ1) is 15.4. The van der Waals surface area contributed by atoms with Crippen LogP contribution >= 0.6 is 0 Å². The Balaban J connectivity index is 2.10. The zero-order valence-electron chi connectivity index (χ0n) is 18.5. The number of hydrogen-bond donors (Lipinski definition) is 1. The van der Waals surface area contributed by atoms with Gasteiger partial charge in [0.1, 0.15) is 23.1 Å². The van der Waals surface area contributed by atoms with Gasteiger partial charge in [-0.15, -0.1) is 6.58 Å². The summed E-state index contributed by atoms with van der Waals surface area (Å²) >= 11 is 0. The van der Waals surface area contributed by atoms with E-state index in [4.69, 9.17) is 9.84 Å². The van der Waals surface area contributed by atoms with Gasteiger partial charge in [0, 0.05) is 23.9 Å². The molecule has 1 heterocycles. The summed E-state index contributed by atoms with van der Waals surface area (Å²) < 4.78 is 7.59. The third kappa shape index (κ3) is 5.32. The molecule has 0 radical (unpaired) electrons. The van der Waals surface area contributed by atoms with E-state index in [-0.39, 0.29) is 18.2 Å². The van der Waals surface area contributed by atoms with Crippen LogP contribution in [0.3, 0.4) is 0 Å². The predicted octanol–water partition coefficient (Wildman–Crippen LogP) is 4.84. The molecule has 0 atom stereocenters. The van der Waals surface area contributed by atoms with E-state index in [2.05, 4.69) is 11.9 Å². The van der Waals surface area contributed by atoms with Crippen molar-refractivity contribution in [3.8, 4) is 28.8 Å². The Morgan fingerprint density at radius 1 is 1.28 bits per heavy atom. The van der Waals surface area contributed by atoms with Crippen molar-refractivity contribution in [3.63, 3.8) is 0 Å². The zero-order valence-corrected chi connectivity index (χ0v) is 18.5. The number of nitrogens with one attached hydrogen (secondary N) is 1. The Kier molecular flexibility index (Phi) is 7.25. The first kappa shape index (κ1) is 22.6. The first-order valence-corrected chi connectivity index (χ1v) is 10.4. The van der Waals surface area contributed by atoms with Gasteiger partial charge in [0.2, 0.25) is 0 Å². The molecule has 6 heteroatoms. The highest BCUT2D eigenvalue weighted by Gasteiger charge is 2.16. The standard InChI is InChI=1S/C26H26N4O2/c1-5-13-28-26(31)21(16-27)15-22-17-30(23-9-7-6-8-10-23)29-25(22)20-11-12-24(19(4)14-20)32-18(2)3/h5-12,14-15,17-18H,1,13H2,2-4H3,(H,28,31). The summed E-state index contributed by atoms with van der Waals surface area (Å²) in [6.45, 7) is 9.82. The normalized spacial score (nSPS) is 11.2. The van der Waals surface area contributed by atoms with E-state index in [0.717, 1.165) is 22.6 Å².